The van der Waals surface area contributed by atoms with Crippen LogP contribution in [0.1, 0.15) is 5.69 Å². The molecule has 0 aromatic carbocycles. The van der Waals surface area contributed by atoms with E-state index >= 15 is 0 Å². The smallest absolute Gasteiger partial charge is 0.278 e. The third-order valence-electron chi connectivity index (χ3n) is 1.37. The Balaban J connectivity index is 3.07. The molecule has 1 aromatic rings. The lowest BCUT2D eigenvalue weighted by molar-refractivity contribution is 0.331. The van der Waals surface area contributed by atoms with Crippen LogP contribution in [0.5, 0.6) is 11.8 Å². The Bertz CT molecular complexity index is 351. The molecule has 0 spiro atoms. The van der Waals surface area contributed by atoms with E-state index in [0.717, 1.165) is 0 Å². The molecule has 0 N–H and O–H groups in total. The molecule has 0 bridgehead atoms. The number of ether oxygens (including phenoxy) is 2. The zero-order valence-corrected chi connectivity index (χ0v) is 7.62. The van der Waals surface area contributed by atoms with Gasteiger partial charge in [-0.25, -0.2) is 9.97 Å². The summed E-state index contributed by atoms with van der Waals surface area (Å²) in [5.74, 6) is 0.228. The third-order valence-corrected chi connectivity index (χ3v) is 1.37. The van der Waals surface area contributed by atoms with Crippen molar-refractivity contribution in [3.05, 3.63) is 18.0 Å². The number of nitrogens with zero attached hydrogens (tertiary/aromatic N) is 2. The normalized spacial score (nSPS) is 9.43. The monoisotopic (exact) mass is 202 g/mol. The van der Waals surface area contributed by atoms with Crippen LogP contribution in [0.4, 0.5) is 8.78 Å². The number of halogens is 2. The summed E-state index contributed by atoms with van der Waals surface area (Å²) in [6.45, 7) is 0. The standard InChI is InChI=1S/C8H8F2N2O2/c1-13-7-8(14-2)12-5(4-11-7)3-6(9)10/h3-4H,1-2H3. The van der Waals surface area contributed by atoms with E-state index in [1.807, 2.05) is 0 Å². The predicted octanol–water partition coefficient (Wildman–Crippen LogP) is 1.73. The highest BCUT2D eigenvalue weighted by Gasteiger charge is 2.07. The first kappa shape index (κ1) is 10.4. The molecule has 1 heterocycles. The van der Waals surface area contributed by atoms with E-state index in [4.69, 9.17) is 9.47 Å². The average Bonchev–Trinajstić information content (AvgIpc) is 2.16. The zero-order valence-electron chi connectivity index (χ0n) is 7.62. The number of aromatic nitrogens is 2. The predicted molar refractivity (Wildman–Crippen MR) is 45.3 cm³/mol. The molecule has 0 aliphatic heterocycles. The van der Waals surface area contributed by atoms with Crippen molar-refractivity contribution in [2.45, 2.75) is 0 Å². The van der Waals surface area contributed by atoms with Gasteiger partial charge in [-0.1, -0.05) is 0 Å². The van der Waals surface area contributed by atoms with Crippen molar-refractivity contribution in [3.63, 3.8) is 0 Å². The topological polar surface area (TPSA) is 44.2 Å². The molecule has 0 atom stereocenters. The Hall–Kier alpha value is -1.72. The molecular weight excluding hydrogens is 194 g/mol. The summed E-state index contributed by atoms with van der Waals surface area (Å²) in [7, 11) is 2.74. The minimum Gasteiger partial charge on any atom is -0.477 e. The first-order valence-electron chi connectivity index (χ1n) is 3.65. The molecule has 1 rings (SSSR count). The quantitative estimate of drug-likeness (QED) is 0.748. The summed E-state index contributed by atoms with van der Waals surface area (Å²) in [5.41, 5.74) is 0.0163. The SMILES string of the molecule is COc1ncc(C=C(F)F)nc1OC. The van der Waals surface area contributed by atoms with Crippen LogP contribution in [0.15, 0.2) is 12.3 Å². The largest absolute Gasteiger partial charge is 0.477 e. The van der Waals surface area contributed by atoms with Gasteiger partial charge < -0.3 is 9.47 Å². The fourth-order valence-electron chi connectivity index (χ4n) is 0.828. The molecule has 0 amide bonds. The fraction of sp³-hybridized carbons (Fsp3) is 0.250. The van der Waals surface area contributed by atoms with Crippen molar-refractivity contribution in [2.75, 3.05) is 14.2 Å². The lowest BCUT2D eigenvalue weighted by Crippen LogP contribution is -1.97. The van der Waals surface area contributed by atoms with Gasteiger partial charge in [0.2, 0.25) is 0 Å². The number of hydrogen-bond acceptors (Lipinski definition) is 4. The van der Waals surface area contributed by atoms with Crippen molar-refractivity contribution < 1.29 is 18.3 Å². The molecule has 0 fully saturated rings. The second-order valence-electron chi connectivity index (χ2n) is 2.25. The van der Waals surface area contributed by atoms with Crippen LogP contribution < -0.4 is 9.47 Å². The van der Waals surface area contributed by atoms with E-state index in [9.17, 15) is 8.78 Å². The second-order valence-corrected chi connectivity index (χ2v) is 2.25. The maximum Gasteiger partial charge on any atom is 0.278 e. The first-order valence-corrected chi connectivity index (χ1v) is 3.65. The molecule has 0 aliphatic rings. The van der Waals surface area contributed by atoms with E-state index in [1.54, 1.807) is 0 Å². The zero-order chi connectivity index (χ0) is 10.6. The Morgan fingerprint density at radius 1 is 1.29 bits per heavy atom. The molecular formula is C8H8F2N2O2. The van der Waals surface area contributed by atoms with Crippen molar-refractivity contribution in [1.82, 2.24) is 9.97 Å². The highest BCUT2D eigenvalue weighted by atomic mass is 19.3. The molecule has 4 nitrogen and oxygen atoms in total. The van der Waals surface area contributed by atoms with Crippen LogP contribution in [0.3, 0.4) is 0 Å². The summed E-state index contributed by atoms with van der Waals surface area (Å²) >= 11 is 0. The van der Waals surface area contributed by atoms with Crippen molar-refractivity contribution >= 4 is 6.08 Å². The molecule has 0 saturated carbocycles. The van der Waals surface area contributed by atoms with Crippen molar-refractivity contribution in [3.8, 4) is 11.8 Å². The van der Waals surface area contributed by atoms with E-state index < -0.39 is 6.08 Å². The maximum absolute atomic E-state index is 11.9. The van der Waals surface area contributed by atoms with Gasteiger partial charge in [-0.15, -0.1) is 0 Å². The van der Waals surface area contributed by atoms with Crippen LogP contribution in [0.2, 0.25) is 0 Å². The molecule has 1 aromatic heterocycles. The highest BCUT2D eigenvalue weighted by Crippen LogP contribution is 2.21. The van der Waals surface area contributed by atoms with Gasteiger partial charge >= 0.3 is 0 Å². The van der Waals surface area contributed by atoms with E-state index in [0.29, 0.717) is 6.08 Å². The first-order chi connectivity index (χ1) is 6.67. The molecule has 0 aliphatic carbocycles. The molecule has 6 heteroatoms. The lowest BCUT2D eigenvalue weighted by atomic mass is 10.4. The fourth-order valence-corrected chi connectivity index (χ4v) is 0.828. The van der Waals surface area contributed by atoms with Crippen LogP contribution in [0, 0.1) is 0 Å². The average molecular weight is 202 g/mol. The molecule has 0 radical (unpaired) electrons. The van der Waals surface area contributed by atoms with Crippen LogP contribution in [0.25, 0.3) is 6.08 Å². The Labute approximate surface area is 79.2 Å². The summed E-state index contributed by atoms with van der Waals surface area (Å²) in [4.78, 5) is 7.47. The third kappa shape index (κ3) is 2.38. The van der Waals surface area contributed by atoms with Gasteiger partial charge in [-0.2, -0.15) is 8.78 Å². The second kappa shape index (κ2) is 4.50. The number of hydrogen-bond donors (Lipinski definition) is 0. The Morgan fingerprint density at radius 2 is 1.93 bits per heavy atom. The molecule has 76 valence electrons. The minimum absolute atomic E-state index is 0.0163. The van der Waals surface area contributed by atoms with Gasteiger partial charge in [-0.05, 0) is 0 Å². The van der Waals surface area contributed by atoms with Gasteiger partial charge in [0.15, 0.2) is 0 Å². The van der Waals surface area contributed by atoms with Gasteiger partial charge in [-0.3, -0.25) is 0 Å². The number of methoxy groups -OCH3 is 2. The Kier molecular flexibility index (Phi) is 3.33. The molecule has 14 heavy (non-hydrogen) atoms. The summed E-state index contributed by atoms with van der Waals surface area (Å²) in [6.07, 6.45) is -0.0818. The van der Waals surface area contributed by atoms with Gasteiger partial charge in [0.05, 0.1) is 26.1 Å². The maximum atomic E-state index is 11.9. The highest BCUT2D eigenvalue weighted by molar-refractivity contribution is 5.45. The van der Waals surface area contributed by atoms with Crippen molar-refractivity contribution in [1.29, 1.82) is 0 Å². The van der Waals surface area contributed by atoms with Gasteiger partial charge in [0.1, 0.15) is 0 Å². The van der Waals surface area contributed by atoms with E-state index in [-0.39, 0.29) is 17.5 Å². The van der Waals surface area contributed by atoms with Crippen molar-refractivity contribution in [2.24, 2.45) is 0 Å². The minimum atomic E-state index is -1.84. The summed E-state index contributed by atoms with van der Waals surface area (Å²) in [5, 5.41) is 0. The van der Waals surface area contributed by atoms with Crippen LogP contribution in [-0.4, -0.2) is 24.2 Å². The van der Waals surface area contributed by atoms with Gasteiger partial charge in [0.25, 0.3) is 17.8 Å². The van der Waals surface area contributed by atoms with Gasteiger partial charge in [0, 0.05) is 6.08 Å². The Morgan fingerprint density at radius 3 is 2.43 bits per heavy atom. The van der Waals surface area contributed by atoms with Crippen LogP contribution >= 0.6 is 0 Å². The molecule has 0 unspecified atom stereocenters. The van der Waals surface area contributed by atoms with Crippen LogP contribution in [-0.2, 0) is 0 Å². The molecule has 0 saturated heterocycles. The lowest BCUT2D eigenvalue weighted by Gasteiger charge is -2.04. The number of rotatable bonds is 3. The summed E-state index contributed by atoms with van der Waals surface area (Å²) in [6, 6.07) is 0. The van der Waals surface area contributed by atoms with E-state index in [1.165, 1.54) is 20.4 Å². The van der Waals surface area contributed by atoms with E-state index in [2.05, 4.69) is 9.97 Å². The summed E-state index contributed by atoms with van der Waals surface area (Å²) < 4.78 is 33.3.